The molecule has 1 atom stereocenters. The number of Topliss-reactive ketones (excluding diaryl/α,β-unsaturated/α-hetero) is 1. The van der Waals surface area contributed by atoms with E-state index in [-0.39, 0.29) is 5.92 Å². The van der Waals surface area contributed by atoms with E-state index in [1.165, 1.54) is 22.4 Å². The standard InChI is InChI=1S/C22H28N2O.2C2H6/c1-16-6-4-7-19(12-16)13-21(25)20-8-5-10-24(11-9-20)22-17(2)14-23-15-18(22)3;2*1-2/h4,6-7,12,14-15,20H,5,8-11,13H2,1-3H3;2*1-2H3. The molecule has 1 fully saturated rings. The molecule has 0 bridgehead atoms. The number of hydrogen-bond donors (Lipinski definition) is 0. The third-order valence-corrected chi connectivity index (χ3v) is 5.24. The van der Waals surface area contributed by atoms with Crippen molar-refractivity contribution in [2.24, 2.45) is 5.92 Å². The van der Waals surface area contributed by atoms with Gasteiger partial charge in [-0.1, -0.05) is 57.5 Å². The zero-order chi connectivity index (χ0) is 21.8. The number of carbonyl (C=O) groups is 1. The summed E-state index contributed by atoms with van der Waals surface area (Å²) >= 11 is 0. The van der Waals surface area contributed by atoms with Crippen LogP contribution in [0.2, 0.25) is 0 Å². The molecular formula is C26H40N2O. The second-order valence-electron chi connectivity index (χ2n) is 7.37. The van der Waals surface area contributed by atoms with Crippen LogP contribution in [0.5, 0.6) is 0 Å². The SMILES string of the molecule is CC.CC.Cc1cccc(CC(=O)C2CCCN(c3c(C)cncc3C)CC2)c1. The highest BCUT2D eigenvalue weighted by Gasteiger charge is 2.24. The summed E-state index contributed by atoms with van der Waals surface area (Å²) in [6.07, 6.45) is 7.47. The summed E-state index contributed by atoms with van der Waals surface area (Å²) in [4.78, 5) is 19.5. The van der Waals surface area contributed by atoms with Crippen LogP contribution in [-0.4, -0.2) is 23.9 Å². The fourth-order valence-electron chi connectivity index (χ4n) is 4.00. The molecule has 1 aliphatic rings. The van der Waals surface area contributed by atoms with E-state index in [4.69, 9.17) is 0 Å². The molecule has 0 N–H and O–H groups in total. The summed E-state index contributed by atoms with van der Waals surface area (Å²) in [7, 11) is 0. The van der Waals surface area contributed by atoms with Gasteiger partial charge in [0.2, 0.25) is 0 Å². The largest absolute Gasteiger partial charge is 0.371 e. The van der Waals surface area contributed by atoms with Gasteiger partial charge < -0.3 is 4.90 Å². The maximum absolute atomic E-state index is 12.8. The van der Waals surface area contributed by atoms with Gasteiger partial charge in [0.15, 0.2) is 0 Å². The molecule has 29 heavy (non-hydrogen) atoms. The monoisotopic (exact) mass is 396 g/mol. The number of hydrogen-bond acceptors (Lipinski definition) is 3. The van der Waals surface area contributed by atoms with E-state index < -0.39 is 0 Å². The van der Waals surface area contributed by atoms with E-state index in [0.29, 0.717) is 12.2 Å². The third kappa shape index (κ3) is 7.30. The van der Waals surface area contributed by atoms with Crippen molar-refractivity contribution in [3.8, 4) is 0 Å². The van der Waals surface area contributed by atoms with E-state index >= 15 is 0 Å². The van der Waals surface area contributed by atoms with Crippen molar-refractivity contribution < 1.29 is 4.79 Å². The fraction of sp³-hybridized carbons (Fsp3) is 0.538. The molecule has 2 heterocycles. The van der Waals surface area contributed by atoms with Crippen molar-refractivity contribution in [1.29, 1.82) is 0 Å². The van der Waals surface area contributed by atoms with Crippen LogP contribution in [0.25, 0.3) is 0 Å². The van der Waals surface area contributed by atoms with Gasteiger partial charge in [-0.15, -0.1) is 0 Å². The summed E-state index contributed by atoms with van der Waals surface area (Å²) in [6, 6.07) is 8.32. The normalized spacial score (nSPS) is 16.0. The number of carbonyl (C=O) groups excluding carboxylic acids is 1. The van der Waals surface area contributed by atoms with Crippen molar-refractivity contribution in [2.45, 2.75) is 74.1 Å². The molecule has 1 aromatic heterocycles. The Balaban J connectivity index is 0.000000989. The van der Waals surface area contributed by atoms with Gasteiger partial charge in [0.05, 0.1) is 0 Å². The molecule has 0 spiro atoms. The number of pyridine rings is 1. The summed E-state index contributed by atoms with van der Waals surface area (Å²) in [6.45, 7) is 16.3. The zero-order valence-corrected chi connectivity index (χ0v) is 19.6. The molecule has 0 aliphatic carbocycles. The maximum atomic E-state index is 12.8. The lowest BCUT2D eigenvalue weighted by Gasteiger charge is -2.26. The van der Waals surface area contributed by atoms with E-state index in [2.05, 4.69) is 48.9 Å². The Morgan fingerprint density at radius 2 is 1.66 bits per heavy atom. The highest BCUT2D eigenvalue weighted by molar-refractivity contribution is 5.83. The van der Waals surface area contributed by atoms with Gasteiger partial charge in [-0.3, -0.25) is 9.78 Å². The average Bonchev–Trinajstić information content (AvgIpc) is 2.97. The second kappa shape index (κ2) is 13.1. The van der Waals surface area contributed by atoms with Gasteiger partial charge in [0.1, 0.15) is 5.78 Å². The number of aryl methyl sites for hydroxylation is 3. The molecule has 1 aromatic carbocycles. The summed E-state index contributed by atoms with van der Waals surface area (Å²) in [5.41, 5.74) is 6.13. The van der Waals surface area contributed by atoms with Crippen LogP contribution in [0.4, 0.5) is 5.69 Å². The first kappa shape index (κ1) is 24.9. The molecule has 1 unspecified atom stereocenters. The van der Waals surface area contributed by atoms with Crippen molar-refractivity contribution in [2.75, 3.05) is 18.0 Å². The van der Waals surface area contributed by atoms with Gasteiger partial charge in [-0.25, -0.2) is 0 Å². The summed E-state index contributed by atoms with van der Waals surface area (Å²) < 4.78 is 0. The quantitative estimate of drug-likeness (QED) is 0.593. The van der Waals surface area contributed by atoms with Crippen LogP contribution in [0.1, 0.15) is 69.2 Å². The number of nitrogens with zero attached hydrogens (tertiary/aromatic N) is 2. The van der Waals surface area contributed by atoms with Gasteiger partial charge >= 0.3 is 0 Å². The zero-order valence-electron chi connectivity index (χ0n) is 19.6. The van der Waals surface area contributed by atoms with Crippen molar-refractivity contribution in [3.63, 3.8) is 0 Å². The van der Waals surface area contributed by atoms with Gasteiger partial charge in [-0.2, -0.15) is 0 Å². The Kier molecular flexibility index (Phi) is 11.3. The van der Waals surface area contributed by atoms with Crippen molar-refractivity contribution >= 4 is 11.5 Å². The predicted octanol–water partition coefficient (Wildman–Crippen LogP) is 6.48. The minimum Gasteiger partial charge on any atom is -0.371 e. The lowest BCUT2D eigenvalue weighted by molar-refractivity contribution is -0.122. The van der Waals surface area contributed by atoms with Crippen LogP contribution in [0, 0.1) is 26.7 Å². The van der Waals surface area contributed by atoms with Crippen LogP contribution >= 0.6 is 0 Å². The Bertz CT molecular complexity index is 734. The number of aromatic nitrogens is 1. The molecule has 3 heteroatoms. The van der Waals surface area contributed by atoms with E-state index in [1.54, 1.807) is 0 Å². The molecule has 3 nitrogen and oxygen atoms in total. The molecule has 160 valence electrons. The van der Waals surface area contributed by atoms with Crippen molar-refractivity contribution in [1.82, 2.24) is 4.98 Å². The Hall–Kier alpha value is -2.16. The number of rotatable bonds is 4. The highest BCUT2D eigenvalue weighted by Crippen LogP contribution is 2.28. The third-order valence-electron chi connectivity index (χ3n) is 5.24. The topological polar surface area (TPSA) is 33.2 Å². The number of anilines is 1. The molecule has 1 saturated heterocycles. The minimum absolute atomic E-state index is 0.188. The molecule has 2 aromatic rings. The first-order chi connectivity index (χ1) is 14.0. The minimum atomic E-state index is 0.188. The maximum Gasteiger partial charge on any atom is 0.140 e. The molecular weight excluding hydrogens is 356 g/mol. The number of benzene rings is 1. The average molecular weight is 397 g/mol. The van der Waals surface area contributed by atoms with Crippen LogP contribution in [0.3, 0.4) is 0 Å². The molecule has 3 rings (SSSR count). The highest BCUT2D eigenvalue weighted by atomic mass is 16.1. The molecule has 0 radical (unpaired) electrons. The van der Waals surface area contributed by atoms with E-state index in [0.717, 1.165) is 37.9 Å². The first-order valence-corrected chi connectivity index (χ1v) is 11.3. The molecule has 1 aliphatic heterocycles. The molecule has 0 amide bonds. The van der Waals surface area contributed by atoms with Gasteiger partial charge in [0.25, 0.3) is 0 Å². The van der Waals surface area contributed by atoms with E-state index in [1.807, 2.05) is 46.2 Å². The smallest absolute Gasteiger partial charge is 0.140 e. The lowest BCUT2D eigenvalue weighted by Crippen LogP contribution is -2.26. The Labute approximate surface area is 178 Å². The van der Waals surface area contributed by atoms with Crippen LogP contribution in [0.15, 0.2) is 36.7 Å². The van der Waals surface area contributed by atoms with Crippen LogP contribution < -0.4 is 4.90 Å². The Morgan fingerprint density at radius 3 is 2.28 bits per heavy atom. The van der Waals surface area contributed by atoms with E-state index in [9.17, 15) is 4.79 Å². The molecule has 0 saturated carbocycles. The first-order valence-electron chi connectivity index (χ1n) is 11.3. The lowest BCUT2D eigenvalue weighted by atomic mass is 9.91. The second-order valence-corrected chi connectivity index (χ2v) is 7.37. The van der Waals surface area contributed by atoms with Crippen LogP contribution in [-0.2, 0) is 11.2 Å². The van der Waals surface area contributed by atoms with Gasteiger partial charge in [0, 0.05) is 43.5 Å². The van der Waals surface area contributed by atoms with Gasteiger partial charge in [-0.05, 0) is 56.7 Å². The summed E-state index contributed by atoms with van der Waals surface area (Å²) in [5, 5.41) is 0. The number of ketones is 1. The summed E-state index contributed by atoms with van der Waals surface area (Å²) in [5.74, 6) is 0.587. The van der Waals surface area contributed by atoms with Crippen molar-refractivity contribution in [3.05, 3.63) is 58.9 Å². The fourth-order valence-corrected chi connectivity index (χ4v) is 4.00. The Morgan fingerprint density at radius 1 is 1.00 bits per heavy atom. The predicted molar refractivity (Wildman–Crippen MR) is 126 cm³/mol.